The number of hydrogen-bond acceptors (Lipinski definition) is 10. The predicted octanol–water partition coefficient (Wildman–Crippen LogP) is 6.93. The van der Waals surface area contributed by atoms with Crippen LogP contribution in [0.5, 0.6) is 0 Å². The SMILES string of the molecule is CCCCCCCCCCCCCCCC(=O)N[C@@H](CCC(=O)OC)C(=O)[O-].CCCCCCCCCCCCCCCC(=O)N[C@@H](CCC(=O)OC)C(=O)[O-].[Ca+2]. The zero-order valence-electron chi connectivity index (χ0n) is 36.6. The number of aliphatic carboxylic acids is 2. The van der Waals surface area contributed by atoms with Crippen LogP contribution in [0.25, 0.3) is 0 Å². The van der Waals surface area contributed by atoms with E-state index in [9.17, 15) is 39.0 Å². The maximum absolute atomic E-state index is 11.9. The van der Waals surface area contributed by atoms with Gasteiger partial charge in [0.25, 0.3) is 0 Å². The maximum atomic E-state index is 11.9. The van der Waals surface area contributed by atoms with Crippen LogP contribution in [0.3, 0.4) is 0 Å². The van der Waals surface area contributed by atoms with Gasteiger partial charge in [0.2, 0.25) is 11.8 Å². The third-order valence-corrected chi connectivity index (χ3v) is 9.98. The molecule has 2 atom stereocenters. The van der Waals surface area contributed by atoms with Crippen molar-refractivity contribution < 1.29 is 48.5 Å². The van der Waals surface area contributed by atoms with Crippen molar-refractivity contribution in [1.29, 1.82) is 0 Å². The van der Waals surface area contributed by atoms with Crippen LogP contribution in [0.15, 0.2) is 0 Å². The van der Waals surface area contributed by atoms with Crippen LogP contribution >= 0.6 is 0 Å². The van der Waals surface area contributed by atoms with Gasteiger partial charge in [0.1, 0.15) is 0 Å². The minimum absolute atomic E-state index is 0. The Balaban J connectivity index is -0.00000101. The Morgan fingerprint density at radius 1 is 0.404 bits per heavy atom. The molecule has 0 aromatic heterocycles. The molecule has 0 aromatic carbocycles. The third kappa shape index (κ3) is 43.5. The quantitative estimate of drug-likeness (QED) is 0.0375. The van der Waals surface area contributed by atoms with Gasteiger partial charge in [-0.3, -0.25) is 19.2 Å². The summed E-state index contributed by atoms with van der Waals surface area (Å²) in [5, 5.41) is 27.0. The molecule has 328 valence electrons. The summed E-state index contributed by atoms with van der Waals surface area (Å²) in [4.78, 5) is 68.0. The van der Waals surface area contributed by atoms with Crippen LogP contribution in [-0.4, -0.2) is 99.7 Å². The van der Waals surface area contributed by atoms with Gasteiger partial charge in [-0.05, 0) is 25.7 Å². The predicted molar refractivity (Wildman–Crippen MR) is 223 cm³/mol. The first-order valence-electron chi connectivity index (χ1n) is 22.2. The van der Waals surface area contributed by atoms with Crippen molar-refractivity contribution in [3.63, 3.8) is 0 Å². The van der Waals surface area contributed by atoms with Gasteiger partial charge in [-0.15, -0.1) is 0 Å². The molecule has 0 aliphatic rings. The zero-order valence-corrected chi connectivity index (χ0v) is 38.8. The van der Waals surface area contributed by atoms with Gasteiger partial charge >= 0.3 is 49.7 Å². The third-order valence-electron chi connectivity index (χ3n) is 9.98. The molecule has 13 heteroatoms. The molecule has 2 N–H and O–H groups in total. The molecule has 0 spiro atoms. The molecule has 0 aliphatic carbocycles. The molecule has 0 aromatic rings. The van der Waals surface area contributed by atoms with E-state index in [1.807, 2.05) is 0 Å². The van der Waals surface area contributed by atoms with Gasteiger partial charge < -0.3 is 39.9 Å². The van der Waals surface area contributed by atoms with Crippen LogP contribution in [-0.2, 0) is 38.2 Å². The first-order chi connectivity index (χ1) is 27.0. The molecule has 57 heavy (non-hydrogen) atoms. The van der Waals surface area contributed by atoms with E-state index < -0.39 is 36.0 Å². The van der Waals surface area contributed by atoms with Crippen molar-refractivity contribution in [2.45, 2.75) is 231 Å². The number of esters is 2. The summed E-state index contributed by atoms with van der Waals surface area (Å²) in [7, 11) is 2.48. The number of hydrogen-bond donors (Lipinski definition) is 2. The molecule has 0 fully saturated rings. The van der Waals surface area contributed by atoms with Gasteiger partial charge in [-0.25, -0.2) is 0 Å². The maximum Gasteiger partial charge on any atom is 2.00 e. The summed E-state index contributed by atoms with van der Waals surface area (Å²) in [5.41, 5.74) is 0. The molecular weight excluding hydrogens is 757 g/mol. The van der Waals surface area contributed by atoms with Gasteiger partial charge in [-0.2, -0.15) is 0 Å². The van der Waals surface area contributed by atoms with Crippen LogP contribution in [0.1, 0.15) is 219 Å². The summed E-state index contributed by atoms with van der Waals surface area (Å²) in [5.74, 6) is -4.36. The summed E-state index contributed by atoms with van der Waals surface area (Å²) in [6.07, 6.45) is 32.5. The van der Waals surface area contributed by atoms with Crippen molar-refractivity contribution in [2.24, 2.45) is 0 Å². The fourth-order valence-electron chi connectivity index (χ4n) is 6.37. The van der Waals surface area contributed by atoms with E-state index in [4.69, 9.17) is 0 Å². The standard InChI is InChI=1S/2C22H41NO5.Ca/c2*1-3-4-5-6-7-8-9-10-11-12-13-14-15-16-20(24)23-19(22(26)27)17-18-21(25)28-2;/h2*19H,3-18H2,1-2H3,(H,23,24)(H,26,27);/q;;+2/p-2/t2*19-;/m00./s1. The van der Waals surface area contributed by atoms with Crippen molar-refractivity contribution in [3.05, 3.63) is 0 Å². The van der Waals surface area contributed by atoms with E-state index in [1.54, 1.807) is 0 Å². The minimum Gasteiger partial charge on any atom is -0.548 e. The fourth-order valence-corrected chi connectivity index (χ4v) is 6.37. The van der Waals surface area contributed by atoms with Gasteiger partial charge in [0.05, 0.1) is 38.2 Å². The van der Waals surface area contributed by atoms with Crippen LogP contribution < -0.4 is 20.8 Å². The Morgan fingerprint density at radius 3 is 0.842 bits per heavy atom. The summed E-state index contributed by atoms with van der Waals surface area (Å²) >= 11 is 0. The average molecular weight is 837 g/mol. The van der Waals surface area contributed by atoms with Gasteiger partial charge in [0, 0.05) is 25.7 Å². The van der Waals surface area contributed by atoms with Crippen molar-refractivity contribution >= 4 is 73.4 Å². The monoisotopic (exact) mass is 837 g/mol. The van der Waals surface area contributed by atoms with E-state index in [-0.39, 0.29) is 75.2 Å². The van der Waals surface area contributed by atoms with Gasteiger partial charge in [0.15, 0.2) is 0 Å². The van der Waals surface area contributed by atoms with E-state index in [0.717, 1.165) is 38.5 Å². The Labute approximate surface area is 375 Å². The number of carboxylic acids is 2. The second-order valence-electron chi connectivity index (χ2n) is 15.1. The molecule has 0 aliphatic heterocycles. The Bertz CT molecular complexity index is 936. The summed E-state index contributed by atoms with van der Waals surface area (Å²) in [6.45, 7) is 4.48. The summed E-state index contributed by atoms with van der Waals surface area (Å²) in [6, 6.07) is -2.29. The second kappa shape index (κ2) is 45.2. The topological polar surface area (TPSA) is 191 Å². The summed E-state index contributed by atoms with van der Waals surface area (Å²) < 4.78 is 8.95. The fraction of sp³-hybridized carbons (Fsp3) is 0.864. The number of amides is 2. The Kier molecular flexibility index (Phi) is 47.1. The second-order valence-corrected chi connectivity index (χ2v) is 15.1. The largest absolute Gasteiger partial charge is 2.00 e. The van der Waals surface area contributed by atoms with E-state index in [2.05, 4.69) is 34.0 Å². The molecule has 0 rings (SSSR count). The number of carbonyl (C=O) groups excluding carboxylic acids is 6. The first-order valence-corrected chi connectivity index (χ1v) is 22.2. The average Bonchev–Trinajstić information content (AvgIpc) is 3.18. The first kappa shape index (κ1) is 59.4. The number of nitrogens with one attached hydrogen (secondary N) is 2. The molecule has 0 heterocycles. The zero-order chi connectivity index (χ0) is 42.1. The smallest absolute Gasteiger partial charge is 0.548 e. The molecule has 2 amide bonds. The molecular formula is C44H80CaN2O10. The molecule has 0 saturated carbocycles. The molecule has 0 bridgehead atoms. The van der Waals surface area contributed by atoms with E-state index >= 15 is 0 Å². The Morgan fingerprint density at radius 2 is 0.632 bits per heavy atom. The number of ether oxygens (including phenoxy) is 2. The van der Waals surface area contributed by atoms with Crippen LogP contribution in [0, 0.1) is 0 Å². The van der Waals surface area contributed by atoms with E-state index in [1.165, 1.54) is 143 Å². The van der Waals surface area contributed by atoms with Crippen molar-refractivity contribution in [3.8, 4) is 0 Å². The van der Waals surface area contributed by atoms with E-state index in [0.29, 0.717) is 12.8 Å². The van der Waals surface area contributed by atoms with Crippen molar-refractivity contribution in [2.75, 3.05) is 14.2 Å². The number of methoxy groups -OCH3 is 2. The molecule has 0 saturated heterocycles. The number of unbranched alkanes of at least 4 members (excludes halogenated alkanes) is 24. The molecule has 12 nitrogen and oxygen atoms in total. The normalized spacial score (nSPS) is 11.6. The van der Waals surface area contributed by atoms with Gasteiger partial charge in [-0.1, -0.05) is 168 Å². The Hall–Kier alpha value is -1.92. The number of rotatable bonds is 38. The number of carboxylic acid groups (broad SMARTS) is 2. The van der Waals surface area contributed by atoms with Crippen LogP contribution in [0.2, 0.25) is 0 Å². The van der Waals surface area contributed by atoms with Crippen molar-refractivity contribution in [1.82, 2.24) is 10.6 Å². The number of carbonyl (C=O) groups is 6. The molecule has 0 unspecified atom stereocenters. The molecule has 0 radical (unpaired) electrons. The van der Waals surface area contributed by atoms with Crippen LogP contribution in [0.4, 0.5) is 0 Å². The minimum atomic E-state index is -1.37.